The molecule has 0 radical (unpaired) electrons. The van der Waals surface area contributed by atoms with Crippen molar-refractivity contribution in [2.45, 2.75) is 0 Å². The first kappa shape index (κ1) is 17.3. The fourth-order valence-corrected chi connectivity index (χ4v) is 2.35. The van der Waals surface area contributed by atoms with Gasteiger partial charge in [0.05, 0.1) is 41.4 Å². The van der Waals surface area contributed by atoms with Crippen molar-refractivity contribution < 1.29 is 9.53 Å². The highest BCUT2D eigenvalue weighted by Gasteiger charge is 2.08. The first-order chi connectivity index (χ1) is 12.7. The van der Waals surface area contributed by atoms with E-state index in [0.717, 1.165) is 16.9 Å². The summed E-state index contributed by atoms with van der Waals surface area (Å²) in [7, 11) is 1.58. The van der Waals surface area contributed by atoms with Gasteiger partial charge in [-0.25, -0.2) is 4.68 Å². The molecule has 1 amide bonds. The van der Waals surface area contributed by atoms with Crippen LogP contribution >= 0.6 is 0 Å². The molecule has 0 aliphatic rings. The summed E-state index contributed by atoms with van der Waals surface area (Å²) in [5, 5.41) is 15.9. The predicted molar refractivity (Wildman–Crippen MR) is 95.7 cm³/mol. The van der Waals surface area contributed by atoms with Gasteiger partial charge in [0, 0.05) is 31.6 Å². The Morgan fingerprint density at radius 3 is 2.69 bits per heavy atom. The SMILES string of the molecule is COCCNC(=O)c1ccc(-c2cnn(-c3ccc(C#N)cc3)c2)nc1. The second-order valence-electron chi connectivity index (χ2n) is 5.51. The predicted octanol–water partition coefficient (Wildman–Crippen LogP) is 2.18. The summed E-state index contributed by atoms with van der Waals surface area (Å²) in [5.74, 6) is -0.186. The second kappa shape index (κ2) is 8.05. The summed E-state index contributed by atoms with van der Waals surface area (Å²) in [5.41, 5.74) is 3.50. The van der Waals surface area contributed by atoms with Crippen LogP contribution in [0.1, 0.15) is 15.9 Å². The molecule has 3 aromatic rings. The van der Waals surface area contributed by atoms with Crippen molar-refractivity contribution in [1.82, 2.24) is 20.1 Å². The summed E-state index contributed by atoms with van der Waals surface area (Å²) in [6, 6.07) is 12.7. The normalized spacial score (nSPS) is 10.3. The van der Waals surface area contributed by atoms with Gasteiger partial charge in [-0.1, -0.05) is 0 Å². The van der Waals surface area contributed by atoms with Crippen LogP contribution in [0.15, 0.2) is 55.0 Å². The highest BCUT2D eigenvalue weighted by atomic mass is 16.5. The van der Waals surface area contributed by atoms with Crippen molar-refractivity contribution in [1.29, 1.82) is 5.26 Å². The highest BCUT2D eigenvalue weighted by Crippen LogP contribution is 2.18. The van der Waals surface area contributed by atoms with Gasteiger partial charge in [-0.3, -0.25) is 9.78 Å². The number of hydrogen-bond donors (Lipinski definition) is 1. The molecule has 7 nitrogen and oxygen atoms in total. The lowest BCUT2D eigenvalue weighted by Gasteiger charge is -2.04. The first-order valence-electron chi connectivity index (χ1n) is 8.00. The number of amides is 1. The average Bonchev–Trinajstić information content (AvgIpc) is 3.18. The van der Waals surface area contributed by atoms with Crippen LogP contribution in [0, 0.1) is 11.3 Å². The number of rotatable bonds is 6. The largest absolute Gasteiger partial charge is 0.383 e. The maximum absolute atomic E-state index is 12.0. The topological polar surface area (TPSA) is 92.8 Å². The Labute approximate surface area is 150 Å². The minimum atomic E-state index is -0.186. The Balaban J connectivity index is 1.72. The van der Waals surface area contributed by atoms with Crippen LogP contribution in [0.2, 0.25) is 0 Å². The number of carbonyl (C=O) groups is 1. The summed E-state index contributed by atoms with van der Waals surface area (Å²) in [6.07, 6.45) is 5.09. The lowest BCUT2D eigenvalue weighted by molar-refractivity contribution is 0.0937. The van der Waals surface area contributed by atoms with Crippen LogP contribution < -0.4 is 5.32 Å². The Morgan fingerprint density at radius 2 is 2.04 bits per heavy atom. The summed E-state index contributed by atoms with van der Waals surface area (Å²) in [4.78, 5) is 16.3. The second-order valence-corrected chi connectivity index (χ2v) is 5.51. The van der Waals surface area contributed by atoms with E-state index in [1.54, 1.807) is 42.3 Å². The van der Waals surface area contributed by atoms with Crippen LogP contribution in [-0.4, -0.2) is 40.9 Å². The molecule has 7 heteroatoms. The van der Waals surface area contributed by atoms with Gasteiger partial charge in [-0.2, -0.15) is 10.4 Å². The van der Waals surface area contributed by atoms with Gasteiger partial charge in [0.15, 0.2) is 0 Å². The van der Waals surface area contributed by atoms with E-state index in [1.165, 1.54) is 6.20 Å². The van der Waals surface area contributed by atoms with Crippen molar-refractivity contribution in [2.75, 3.05) is 20.3 Å². The zero-order valence-electron chi connectivity index (χ0n) is 14.2. The van der Waals surface area contributed by atoms with Crippen LogP contribution in [0.4, 0.5) is 0 Å². The van der Waals surface area contributed by atoms with Gasteiger partial charge in [0.1, 0.15) is 0 Å². The molecule has 26 heavy (non-hydrogen) atoms. The number of nitrogens with zero attached hydrogens (tertiary/aromatic N) is 4. The van der Waals surface area contributed by atoms with Crippen LogP contribution in [-0.2, 0) is 4.74 Å². The van der Waals surface area contributed by atoms with E-state index < -0.39 is 0 Å². The number of nitrogens with one attached hydrogen (secondary N) is 1. The third kappa shape index (κ3) is 3.94. The quantitative estimate of drug-likeness (QED) is 0.690. The highest BCUT2D eigenvalue weighted by molar-refractivity contribution is 5.94. The Kier molecular flexibility index (Phi) is 5.37. The number of aromatic nitrogens is 3. The molecule has 0 saturated heterocycles. The molecule has 0 spiro atoms. The van der Waals surface area contributed by atoms with Crippen molar-refractivity contribution in [2.24, 2.45) is 0 Å². The van der Waals surface area contributed by atoms with Crippen molar-refractivity contribution >= 4 is 5.91 Å². The van der Waals surface area contributed by atoms with E-state index in [2.05, 4.69) is 21.5 Å². The molecule has 130 valence electrons. The molecular formula is C19H17N5O2. The van der Waals surface area contributed by atoms with E-state index in [0.29, 0.717) is 24.3 Å². The van der Waals surface area contributed by atoms with Gasteiger partial charge < -0.3 is 10.1 Å². The van der Waals surface area contributed by atoms with Gasteiger partial charge in [0.2, 0.25) is 0 Å². The zero-order chi connectivity index (χ0) is 18.4. The number of nitriles is 1. The van der Waals surface area contributed by atoms with Crippen LogP contribution in [0.25, 0.3) is 16.9 Å². The minimum Gasteiger partial charge on any atom is -0.383 e. The molecule has 2 heterocycles. The number of pyridine rings is 1. The molecule has 0 saturated carbocycles. The van der Waals surface area contributed by atoms with Crippen molar-refractivity contribution in [3.8, 4) is 23.0 Å². The molecule has 0 atom stereocenters. The zero-order valence-corrected chi connectivity index (χ0v) is 14.2. The van der Waals surface area contributed by atoms with Crippen LogP contribution in [0.5, 0.6) is 0 Å². The molecular weight excluding hydrogens is 330 g/mol. The third-order valence-corrected chi connectivity index (χ3v) is 3.76. The number of methoxy groups -OCH3 is 1. The van der Waals surface area contributed by atoms with E-state index >= 15 is 0 Å². The van der Waals surface area contributed by atoms with Crippen molar-refractivity contribution in [3.63, 3.8) is 0 Å². The average molecular weight is 347 g/mol. The standard InChI is InChI=1S/C19H17N5O2/c1-26-9-8-21-19(25)15-4-7-18(22-11-15)16-12-23-24(13-16)17-5-2-14(10-20)3-6-17/h2-7,11-13H,8-9H2,1H3,(H,21,25). The fraction of sp³-hybridized carbons (Fsp3) is 0.158. The summed E-state index contributed by atoms with van der Waals surface area (Å²) in [6.45, 7) is 0.917. The lowest BCUT2D eigenvalue weighted by atomic mass is 10.2. The van der Waals surface area contributed by atoms with Gasteiger partial charge in [-0.05, 0) is 36.4 Å². The monoisotopic (exact) mass is 347 g/mol. The smallest absolute Gasteiger partial charge is 0.252 e. The van der Waals surface area contributed by atoms with E-state index in [9.17, 15) is 4.79 Å². The number of benzene rings is 1. The summed E-state index contributed by atoms with van der Waals surface area (Å²) < 4.78 is 6.61. The Bertz CT molecular complexity index is 924. The van der Waals surface area contributed by atoms with Gasteiger partial charge in [0.25, 0.3) is 5.91 Å². The molecule has 0 bridgehead atoms. The van der Waals surface area contributed by atoms with E-state index in [4.69, 9.17) is 10.00 Å². The van der Waals surface area contributed by atoms with Crippen LogP contribution in [0.3, 0.4) is 0 Å². The molecule has 0 fully saturated rings. The van der Waals surface area contributed by atoms with E-state index in [1.807, 2.05) is 18.3 Å². The number of ether oxygens (including phenoxy) is 1. The molecule has 0 aliphatic heterocycles. The number of carbonyl (C=O) groups excluding carboxylic acids is 1. The Morgan fingerprint density at radius 1 is 1.23 bits per heavy atom. The minimum absolute atomic E-state index is 0.186. The molecule has 1 aromatic carbocycles. The Hall–Kier alpha value is -3.50. The summed E-state index contributed by atoms with van der Waals surface area (Å²) >= 11 is 0. The molecule has 2 aromatic heterocycles. The maximum atomic E-state index is 12.0. The molecule has 0 unspecified atom stereocenters. The lowest BCUT2D eigenvalue weighted by Crippen LogP contribution is -2.26. The van der Waals surface area contributed by atoms with Gasteiger partial charge >= 0.3 is 0 Å². The molecule has 3 rings (SSSR count). The third-order valence-electron chi connectivity index (χ3n) is 3.76. The van der Waals surface area contributed by atoms with Crippen molar-refractivity contribution in [3.05, 3.63) is 66.1 Å². The molecule has 1 N–H and O–H groups in total. The first-order valence-corrected chi connectivity index (χ1v) is 8.00. The number of hydrogen-bond acceptors (Lipinski definition) is 5. The fourth-order valence-electron chi connectivity index (χ4n) is 2.35. The molecule has 0 aliphatic carbocycles. The van der Waals surface area contributed by atoms with E-state index in [-0.39, 0.29) is 5.91 Å². The van der Waals surface area contributed by atoms with Gasteiger partial charge in [-0.15, -0.1) is 0 Å². The maximum Gasteiger partial charge on any atom is 0.252 e.